The Kier molecular flexibility index (Phi) is 6.84. The van der Waals surface area contributed by atoms with Crippen LogP contribution >= 0.6 is 0 Å². The average molecular weight is 455 g/mol. The molecule has 1 unspecified atom stereocenters. The Hall–Kier alpha value is -1.90. The highest BCUT2D eigenvalue weighted by molar-refractivity contribution is 7.89. The number of nitrogens with two attached hydrogens (primary N) is 1. The molecule has 1 aliphatic carbocycles. The smallest absolute Gasteiger partial charge is 0.305 e. The quantitative estimate of drug-likeness (QED) is 0.684. The molecule has 0 saturated heterocycles. The molecule has 0 bridgehead atoms. The van der Waals surface area contributed by atoms with Crippen LogP contribution < -0.4 is 5.14 Å². The van der Waals surface area contributed by atoms with E-state index in [4.69, 9.17) is 5.14 Å². The van der Waals surface area contributed by atoms with E-state index in [0.29, 0.717) is 30.5 Å². The molecule has 0 radical (unpaired) electrons. The number of primary sulfonamides is 1. The lowest BCUT2D eigenvalue weighted by atomic mass is 9.97. The molecular formula is C23H29F3N2O2S. The summed E-state index contributed by atoms with van der Waals surface area (Å²) in [7, 11) is 0.103. The van der Waals surface area contributed by atoms with Crippen molar-refractivity contribution in [3.63, 3.8) is 0 Å². The number of hydrogen-bond donors (Lipinski definition) is 1. The molecule has 0 fully saturated rings. The van der Waals surface area contributed by atoms with Gasteiger partial charge in [-0.3, -0.25) is 0 Å². The van der Waals surface area contributed by atoms with Crippen LogP contribution in [0.5, 0.6) is 0 Å². The molecule has 170 valence electrons. The summed E-state index contributed by atoms with van der Waals surface area (Å²) in [5.74, 6) is 0.207. The first-order chi connectivity index (χ1) is 14.3. The van der Waals surface area contributed by atoms with Crippen LogP contribution in [0, 0.1) is 5.92 Å². The van der Waals surface area contributed by atoms with E-state index in [-0.39, 0.29) is 5.92 Å². The molecule has 2 aromatic rings. The zero-order valence-electron chi connectivity index (χ0n) is 18.0. The molecule has 0 spiro atoms. The first-order valence-corrected chi connectivity index (χ1v) is 11.9. The molecule has 2 aromatic carbocycles. The summed E-state index contributed by atoms with van der Waals surface area (Å²) in [6.45, 7) is 2.06. The van der Waals surface area contributed by atoms with Crippen LogP contribution in [0.4, 0.5) is 13.2 Å². The van der Waals surface area contributed by atoms with Crippen molar-refractivity contribution in [2.45, 2.75) is 50.6 Å². The Morgan fingerprint density at radius 3 is 2.29 bits per heavy atom. The molecule has 0 heterocycles. The molecule has 0 saturated carbocycles. The van der Waals surface area contributed by atoms with Gasteiger partial charge in [-0.1, -0.05) is 24.3 Å². The van der Waals surface area contributed by atoms with Crippen LogP contribution in [0.15, 0.2) is 36.4 Å². The maximum atomic E-state index is 13.4. The van der Waals surface area contributed by atoms with E-state index in [9.17, 15) is 21.6 Å². The molecule has 0 aliphatic heterocycles. The van der Waals surface area contributed by atoms with E-state index in [1.807, 2.05) is 43.3 Å². The van der Waals surface area contributed by atoms with Crippen molar-refractivity contribution in [2.24, 2.45) is 11.1 Å². The van der Waals surface area contributed by atoms with Crippen molar-refractivity contribution in [2.75, 3.05) is 14.1 Å². The van der Waals surface area contributed by atoms with Gasteiger partial charge in [0, 0.05) is 6.54 Å². The lowest BCUT2D eigenvalue weighted by Crippen LogP contribution is -2.28. The molecule has 8 heteroatoms. The second kappa shape index (κ2) is 8.92. The molecule has 0 amide bonds. The van der Waals surface area contributed by atoms with Gasteiger partial charge in [0.15, 0.2) is 0 Å². The zero-order chi connectivity index (χ0) is 23.0. The van der Waals surface area contributed by atoms with Gasteiger partial charge in [0.2, 0.25) is 10.0 Å². The molecular weight excluding hydrogens is 425 g/mol. The highest BCUT2D eigenvalue weighted by Crippen LogP contribution is 2.33. The van der Waals surface area contributed by atoms with E-state index in [2.05, 4.69) is 0 Å². The van der Waals surface area contributed by atoms with Crippen LogP contribution in [0.25, 0.3) is 0 Å². The number of benzene rings is 2. The third-order valence-electron chi connectivity index (χ3n) is 5.80. The van der Waals surface area contributed by atoms with Gasteiger partial charge in [-0.05, 0) is 92.6 Å². The second-order valence-electron chi connectivity index (χ2n) is 8.96. The zero-order valence-corrected chi connectivity index (χ0v) is 18.9. The monoisotopic (exact) mass is 454 g/mol. The van der Waals surface area contributed by atoms with Gasteiger partial charge < -0.3 is 4.90 Å². The molecule has 31 heavy (non-hydrogen) atoms. The van der Waals surface area contributed by atoms with E-state index in [1.54, 1.807) is 6.92 Å². The van der Waals surface area contributed by atoms with Gasteiger partial charge in [0.1, 0.15) is 0 Å². The third kappa shape index (κ3) is 6.30. The Balaban J connectivity index is 1.79. The Morgan fingerprint density at radius 1 is 1.03 bits per heavy atom. The maximum Gasteiger partial charge on any atom is 0.416 e. The van der Waals surface area contributed by atoms with Crippen LogP contribution in [-0.2, 0) is 42.0 Å². The number of sulfonamides is 1. The Bertz CT molecular complexity index is 1050. The van der Waals surface area contributed by atoms with Crippen molar-refractivity contribution in [1.29, 1.82) is 0 Å². The van der Waals surface area contributed by atoms with E-state index in [1.165, 1.54) is 17.7 Å². The molecule has 1 aliphatic rings. The molecule has 4 nitrogen and oxygen atoms in total. The van der Waals surface area contributed by atoms with Crippen LogP contribution in [0.1, 0.15) is 46.7 Å². The maximum absolute atomic E-state index is 13.4. The van der Waals surface area contributed by atoms with Crippen LogP contribution in [0.3, 0.4) is 0 Å². The number of hydrogen-bond acceptors (Lipinski definition) is 3. The Labute approximate surface area is 182 Å². The lowest BCUT2D eigenvalue weighted by Gasteiger charge is -2.15. The minimum absolute atomic E-state index is 0.207. The number of fused-ring (bicyclic) bond motifs is 1. The van der Waals surface area contributed by atoms with E-state index >= 15 is 0 Å². The minimum Gasteiger partial charge on any atom is -0.305 e. The number of halogens is 3. The molecule has 3 rings (SSSR count). The van der Waals surface area contributed by atoms with Crippen LogP contribution in [-0.4, -0.2) is 32.7 Å². The van der Waals surface area contributed by atoms with Gasteiger partial charge in [-0.25, -0.2) is 13.6 Å². The van der Waals surface area contributed by atoms with Gasteiger partial charge in [-0.2, -0.15) is 13.2 Å². The third-order valence-corrected chi connectivity index (χ3v) is 7.12. The number of alkyl halides is 3. The van der Waals surface area contributed by atoms with Crippen molar-refractivity contribution in [1.82, 2.24) is 4.90 Å². The molecule has 0 aromatic heterocycles. The van der Waals surface area contributed by atoms with Crippen molar-refractivity contribution < 1.29 is 21.6 Å². The second-order valence-corrected chi connectivity index (χ2v) is 10.9. The highest BCUT2D eigenvalue weighted by atomic mass is 32.2. The van der Waals surface area contributed by atoms with E-state index in [0.717, 1.165) is 24.0 Å². The normalized spacial score (nSPS) is 17.7. The van der Waals surface area contributed by atoms with Crippen molar-refractivity contribution >= 4 is 10.0 Å². The highest BCUT2D eigenvalue weighted by Gasteiger charge is 2.31. The summed E-state index contributed by atoms with van der Waals surface area (Å²) >= 11 is 0. The fourth-order valence-corrected chi connectivity index (χ4v) is 4.90. The Morgan fingerprint density at radius 2 is 1.68 bits per heavy atom. The van der Waals surface area contributed by atoms with Crippen molar-refractivity contribution in [3.05, 3.63) is 69.8 Å². The molecule has 2 atom stereocenters. The van der Waals surface area contributed by atoms with Gasteiger partial charge in [0.25, 0.3) is 0 Å². The predicted octanol–water partition coefficient (Wildman–Crippen LogP) is 4.14. The summed E-state index contributed by atoms with van der Waals surface area (Å²) < 4.78 is 63.2. The summed E-state index contributed by atoms with van der Waals surface area (Å²) in [4.78, 5) is 1.84. The minimum atomic E-state index is -4.39. The molecule has 2 N–H and O–H groups in total. The van der Waals surface area contributed by atoms with Crippen LogP contribution in [0.2, 0.25) is 0 Å². The lowest BCUT2D eigenvalue weighted by molar-refractivity contribution is -0.137. The van der Waals surface area contributed by atoms with Gasteiger partial charge in [-0.15, -0.1) is 0 Å². The van der Waals surface area contributed by atoms with Gasteiger partial charge >= 0.3 is 6.18 Å². The van der Waals surface area contributed by atoms with E-state index < -0.39 is 27.0 Å². The first-order valence-electron chi connectivity index (χ1n) is 10.3. The number of rotatable bonds is 7. The fraction of sp³-hybridized carbons (Fsp3) is 0.478. The largest absolute Gasteiger partial charge is 0.416 e. The SMILES string of the molecule is C[C@@H](CC1Cc2ccc(Cc3cc(CN(C)C)cc(C(F)(F)F)c3)cc2C1)S(N)(=O)=O. The summed E-state index contributed by atoms with van der Waals surface area (Å²) in [6, 6.07) is 10.3. The standard InChI is InChI=1S/C23H29F3N2O2S/c1-15(31(27,29)30)6-17-10-20-5-4-16(9-21(20)11-17)7-18-8-19(14-28(2)3)13-22(12-18)23(24,25)26/h4-5,8-9,12-13,15,17H,6-7,10-11,14H2,1-3H3,(H2,27,29,30)/t15-,17?/m0/s1. The summed E-state index contributed by atoms with van der Waals surface area (Å²) in [5.41, 5.74) is 3.91. The topological polar surface area (TPSA) is 63.4 Å². The van der Waals surface area contributed by atoms with Crippen molar-refractivity contribution in [3.8, 4) is 0 Å². The fourth-order valence-electron chi connectivity index (χ4n) is 4.36. The predicted molar refractivity (Wildman–Crippen MR) is 116 cm³/mol. The van der Waals surface area contributed by atoms with Gasteiger partial charge in [0.05, 0.1) is 10.8 Å². The average Bonchev–Trinajstić information content (AvgIpc) is 3.01. The number of nitrogens with zero attached hydrogens (tertiary/aromatic N) is 1. The first kappa shape index (κ1) is 23.8. The summed E-state index contributed by atoms with van der Waals surface area (Å²) in [5, 5.41) is 4.66. The summed E-state index contributed by atoms with van der Waals surface area (Å²) in [6.07, 6.45) is -1.91.